The summed E-state index contributed by atoms with van der Waals surface area (Å²) in [4.78, 5) is 24.4. The van der Waals surface area contributed by atoms with Gasteiger partial charge in [0.15, 0.2) is 0 Å². The maximum Gasteiger partial charge on any atom is 0.274 e. The number of carbonyl (C=O) groups excluding carboxylic acids is 1. The van der Waals surface area contributed by atoms with Crippen molar-refractivity contribution in [3.8, 4) is 6.07 Å². The lowest BCUT2D eigenvalue weighted by atomic mass is 10.2. The maximum atomic E-state index is 12.4. The monoisotopic (exact) mass is 330 g/mol. The fourth-order valence-corrected chi connectivity index (χ4v) is 2.15. The van der Waals surface area contributed by atoms with Crippen LogP contribution in [0.5, 0.6) is 0 Å². The first-order valence-corrected chi connectivity index (χ1v) is 7.51. The molecule has 0 unspecified atom stereocenters. The molecule has 0 aliphatic heterocycles. The molecule has 0 fully saturated rings. The SMILES string of the molecule is N#Cc1ccccc1NC(=O)c1cc(NCc2ccncc2)ncn1. The zero-order valence-corrected chi connectivity index (χ0v) is 13.2. The molecule has 0 saturated heterocycles. The molecular formula is C18H14N6O. The quantitative estimate of drug-likeness (QED) is 0.745. The zero-order chi connectivity index (χ0) is 17.5. The molecule has 0 radical (unpaired) electrons. The van der Waals surface area contributed by atoms with E-state index in [1.54, 1.807) is 42.7 Å². The van der Waals surface area contributed by atoms with Crippen LogP contribution in [0.1, 0.15) is 21.6 Å². The van der Waals surface area contributed by atoms with Gasteiger partial charge in [-0.05, 0) is 29.8 Å². The minimum absolute atomic E-state index is 0.208. The lowest BCUT2D eigenvalue weighted by Crippen LogP contribution is -2.15. The number of hydrogen-bond acceptors (Lipinski definition) is 6. The van der Waals surface area contributed by atoms with E-state index < -0.39 is 5.91 Å². The van der Waals surface area contributed by atoms with E-state index >= 15 is 0 Å². The van der Waals surface area contributed by atoms with Crippen LogP contribution < -0.4 is 10.6 Å². The predicted molar refractivity (Wildman–Crippen MR) is 92.7 cm³/mol. The molecule has 0 spiro atoms. The van der Waals surface area contributed by atoms with Gasteiger partial charge in [0.2, 0.25) is 0 Å². The van der Waals surface area contributed by atoms with Crippen molar-refractivity contribution in [3.63, 3.8) is 0 Å². The van der Waals surface area contributed by atoms with Crippen molar-refractivity contribution in [1.82, 2.24) is 15.0 Å². The lowest BCUT2D eigenvalue weighted by Gasteiger charge is -2.08. The summed E-state index contributed by atoms with van der Waals surface area (Å²) in [6, 6.07) is 14.2. The fraction of sp³-hybridized carbons (Fsp3) is 0.0556. The average Bonchev–Trinajstić information content (AvgIpc) is 2.68. The summed E-state index contributed by atoms with van der Waals surface area (Å²) in [6.07, 6.45) is 4.74. The highest BCUT2D eigenvalue weighted by Gasteiger charge is 2.11. The second kappa shape index (κ2) is 7.66. The molecule has 1 aromatic carbocycles. The minimum Gasteiger partial charge on any atom is -0.366 e. The molecule has 3 aromatic rings. The average molecular weight is 330 g/mol. The minimum atomic E-state index is -0.405. The van der Waals surface area contributed by atoms with E-state index in [0.717, 1.165) is 5.56 Å². The van der Waals surface area contributed by atoms with Crippen molar-refractivity contribution in [2.45, 2.75) is 6.54 Å². The normalized spacial score (nSPS) is 9.88. The highest BCUT2D eigenvalue weighted by atomic mass is 16.1. The Bertz CT molecular complexity index is 920. The van der Waals surface area contributed by atoms with E-state index in [1.165, 1.54) is 6.33 Å². The Balaban J connectivity index is 1.70. The van der Waals surface area contributed by atoms with Crippen LogP contribution in [0.2, 0.25) is 0 Å². The van der Waals surface area contributed by atoms with E-state index in [2.05, 4.69) is 25.6 Å². The summed E-state index contributed by atoms with van der Waals surface area (Å²) in [6.45, 7) is 0.553. The maximum absolute atomic E-state index is 12.4. The number of carbonyl (C=O) groups is 1. The van der Waals surface area contributed by atoms with E-state index in [4.69, 9.17) is 5.26 Å². The van der Waals surface area contributed by atoms with Gasteiger partial charge in [-0.25, -0.2) is 9.97 Å². The molecule has 2 aromatic heterocycles. The van der Waals surface area contributed by atoms with Crippen molar-refractivity contribution < 1.29 is 4.79 Å². The Hall–Kier alpha value is -3.79. The molecule has 0 atom stereocenters. The Morgan fingerprint density at radius 2 is 1.92 bits per heavy atom. The second-order valence-electron chi connectivity index (χ2n) is 5.11. The second-order valence-corrected chi connectivity index (χ2v) is 5.11. The first-order chi connectivity index (χ1) is 12.3. The van der Waals surface area contributed by atoms with Gasteiger partial charge in [0.05, 0.1) is 11.3 Å². The molecule has 7 heteroatoms. The lowest BCUT2D eigenvalue weighted by molar-refractivity contribution is 0.102. The smallest absolute Gasteiger partial charge is 0.274 e. The predicted octanol–water partition coefficient (Wildman–Crippen LogP) is 2.61. The highest BCUT2D eigenvalue weighted by Crippen LogP contribution is 2.15. The fourth-order valence-electron chi connectivity index (χ4n) is 2.15. The van der Waals surface area contributed by atoms with Crippen LogP contribution in [0.3, 0.4) is 0 Å². The molecule has 0 bridgehead atoms. The first kappa shape index (κ1) is 16.1. The third-order valence-corrected chi connectivity index (χ3v) is 3.42. The van der Waals surface area contributed by atoms with E-state index in [-0.39, 0.29) is 5.69 Å². The molecule has 7 nitrogen and oxygen atoms in total. The number of anilines is 2. The van der Waals surface area contributed by atoms with Crippen LogP contribution in [-0.4, -0.2) is 20.9 Å². The molecule has 3 rings (SSSR count). The number of rotatable bonds is 5. The third kappa shape index (κ3) is 4.14. The number of nitriles is 1. The number of nitrogens with zero attached hydrogens (tertiary/aromatic N) is 4. The Labute approximate surface area is 144 Å². The molecule has 2 N–H and O–H groups in total. The summed E-state index contributed by atoms with van der Waals surface area (Å²) >= 11 is 0. The first-order valence-electron chi connectivity index (χ1n) is 7.51. The molecule has 0 aliphatic carbocycles. The van der Waals surface area contributed by atoms with E-state index in [9.17, 15) is 4.79 Å². The summed E-state index contributed by atoms with van der Waals surface area (Å²) in [5.74, 6) is 0.127. The Morgan fingerprint density at radius 3 is 2.72 bits per heavy atom. The van der Waals surface area contributed by atoms with Gasteiger partial charge in [0.1, 0.15) is 23.9 Å². The van der Waals surface area contributed by atoms with Gasteiger partial charge in [0, 0.05) is 25.0 Å². The van der Waals surface area contributed by atoms with Gasteiger partial charge in [-0.2, -0.15) is 5.26 Å². The Kier molecular flexibility index (Phi) is 4.93. The number of nitrogens with one attached hydrogen (secondary N) is 2. The number of benzene rings is 1. The molecule has 122 valence electrons. The summed E-state index contributed by atoms with van der Waals surface area (Å²) in [7, 11) is 0. The summed E-state index contributed by atoms with van der Waals surface area (Å²) < 4.78 is 0. The van der Waals surface area contributed by atoms with Crippen LogP contribution in [-0.2, 0) is 6.54 Å². The molecule has 1 amide bonds. The molecule has 2 heterocycles. The number of amides is 1. The molecular weight excluding hydrogens is 316 g/mol. The largest absolute Gasteiger partial charge is 0.366 e. The van der Waals surface area contributed by atoms with Gasteiger partial charge in [-0.3, -0.25) is 9.78 Å². The number of para-hydroxylation sites is 1. The van der Waals surface area contributed by atoms with Gasteiger partial charge in [-0.15, -0.1) is 0 Å². The van der Waals surface area contributed by atoms with Crippen molar-refractivity contribution in [2.24, 2.45) is 0 Å². The number of hydrogen-bond donors (Lipinski definition) is 2. The molecule has 0 aliphatic rings. The zero-order valence-electron chi connectivity index (χ0n) is 13.2. The highest BCUT2D eigenvalue weighted by molar-refractivity contribution is 6.03. The van der Waals surface area contributed by atoms with Crippen LogP contribution >= 0.6 is 0 Å². The van der Waals surface area contributed by atoms with Gasteiger partial charge in [-0.1, -0.05) is 12.1 Å². The third-order valence-electron chi connectivity index (χ3n) is 3.42. The van der Waals surface area contributed by atoms with E-state index in [0.29, 0.717) is 23.6 Å². The van der Waals surface area contributed by atoms with Crippen LogP contribution in [0, 0.1) is 11.3 Å². The van der Waals surface area contributed by atoms with E-state index in [1.807, 2.05) is 18.2 Å². The van der Waals surface area contributed by atoms with Crippen LogP contribution in [0.4, 0.5) is 11.5 Å². The number of aromatic nitrogens is 3. The van der Waals surface area contributed by atoms with Crippen molar-refractivity contribution in [1.29, 1.82) is 5.26 Å². The topological polar surface area (TPSA) is 104 Å². The summed E-state index contributed by atoms with van der Waals surface area (Å²) in [5, 5.41) is 14.9. The molecule has 25 heavy (non-hydrogen) atoms. The van der Waals surface area contributed by atoms with Crippen LogP contribution in [0.15, 0.2) is 61.2 Å². The van der Waals surface area contributed by atoms with Gasteiger partial charge >= 0.3 is 0 Å². The van der Waals surface area contributed by atoms with Gasteiger partial charge < -0.3 is 10.6 Å². The van der Waals surface area contributed by atoms with Gasteiger partial charge in [0.25, 0.3) is 5.91 Å². The van der Waals surface area contributed by atoms with Crippen LogP contribution in [0.25, 0.3) is 0 Å². The summed E-state index contributed by atoms with van der Waals surface area (Å²) in [5.41, 5.74) is 2.09. The Morgan fingerprint density at radius 1 is 1.12 bits per heavy atom. The molecule has 0 saturated carbocycles. The van der Waals surface area contributed by atoms with Crippen molar-refractivity contribution in [3.05, 3.63) is 78.0 Å². The standard InChI is InChI=1S/C18H14N6O/c19-10-14-3-1-2-4-15(14)24-18(25)16-9-17(23-12-22-16)21-11-13-5-7-20-8-6-13/h1-9,12H,11H2,(H,24,25)(H,21,22,23). The number of pyridine rings is 1. The van der Waals surface area contributed by atoms with Crippen molar-refractivity contribution >= 4 is 17.4 Å². The van der Waals surface area contributed by atoms with Crippen molar-refractivity contribution in [2.75, 3.05) is 10.6 Å².